The van der Waals surface area contributed by atoms with E-state index in [1.807, 2.05) is 0 Å². The molecule has 2 heteroatoms. The Labute approximate surface area is 81.9 Å². The maximum absolute atomic E-state index is 4.50. The van der Waals surface area contributed by atoms with Crippen LogP contribution in [-0.4, -0.2) is 29.8 Å². The van der Waals surface area contributed by atoms with E-state index < -0.39 is 0 Å². The molecule has 0 radical (unpaired) electrons. The zero-order valence-corrected chi connectivity index (χ0v) is 9.02. The average molecular weight is 187 g/mol. The Kier molecular flexibility index (Phi) is 5.08. The normalized spacial score (nSPS) is 22.5. The molecule has 1 heterocycles. The molecule has 0 N–H and O–H groups in total. The first kappa shape index (κ1) is 10.4. The molecule has 0 amide bonds. The van der Waals surface area contributed by atoms with Crippen LogP contribution < -0.4 is 0 Å². The molecule has 0 saturated carbocycles. The third-order valence-corrected chi connectivity index (χ3v) is 3.32. The second kappa shape index (κ2) is 5.87. The molecule has 1 aliphatic heterocycles. The molecule has 0 spiro atoms. The average Bonchev–Trinajstić information content (AvgIpc) is 2.16. The number of likely N-dealkylation sites (tertiary alicyclic amines) is 1. The Morgan fingerprint density at radius 1 is 1.25 bits per heavy atom. The Bertz CT molecular complexity index is 110. The Morgan fingerprint density at radius 3 is 2.50 bits per heavy atom. The van der Waals surface area contributed by atoms with Crippen molar-refractivity contribution >= 4 is 12.6 Å². The van der Waals surface area contributed by atoms with E-state index in [2.05, 4.69) is 24.5 Å². The van der Waals surface area contributed by atoms with Gasteiger partial charge in [0.15, 0.2) is 0 Å². The van der Waals surface area contributed by atoms with Gasteiger partial charge in [0.05, 0.1) is 0 Å². The van der Waals surface area contributed by atoms with E-state index in [4.69, 9.17) is 0 Å². The summed E-state index contributed by atoms with van der Waals surface area (Å²) in [5.74, 6) is 0. The first-order valence-electron chi connectivity index (χ1n) is 5.23. The first-order chi connectivity index (χ1) is 5.83. The van der Waals surface area contributed by atoms with Crippen molar-refractivity contribution in [1.29, 1.82) is 0 Å². The van der Waals surface area contributed by atoms with Gasteiger partial charge in [-0.2, -0.15) is 12.6 Å². The van der Waals surface area contributed by atoms with Crippen LogP contribution in [0.3, 0.4) is 0 Å². The molecule has 1 aliphatic rings. The van der Waals surface area contributed by atoms with Crippen molar-refractivity contribution in [2.75, 3.05) is 19.6 Å². The molecule has 0 aromatic heterocycles. The van der Waals surface area contributed by atoms with E-state index in [1.165, 1.54) is 51.7 Å². The Hall–Kier alpha value is 0.310. The lowest BCUT2D eigenvalue weighted by molar-refractivity contribution is 0.225. The number of hydrogen-bond donors (Lipinski definition) is 1. The summed E-state index contributed by atoms with van der Waals surface area (Å²) in [5, 5.41) is 0.618. The van der Waals surface area contributed by atoms with Crippen molar-refractivity contribution in [2.45, 2.75) is 44.3 Å². The van der Waals surface area contributed by atoms with Crippen LogP contribution in [0.4, 0.5) is 0 Å². The van der Waals surface area contributed by atoms with Gasteiger partial charge >= 0.3 is 0 Å². The van der Waals surface area contributed by atoms with Crippen LogP contribution in [0.1, 0.15) is 39.0 Å². The molecule has 1 unspecified atom stereocenters. The molecule has 1 nitrogen and oxygen atoms in total. The zero-order chi connectivity index (χ0) is 8.81. The highest BCUT2D eigenvalue weighted by molar-refractivity contribution is 7.80. The van der Waals surface area contributed by atoms with Gasteiger partial charge in [-0.3, -0.25) is 0 Å². The van der Waals surface area contributed by atoms with Crippen LogP contribution >= 0.6 is 12.6 Å². The first-order valence-corrected chi connectivity index (χ1v) is 5.75. The molecule has 72 valence electrons. The second-order valence-corrected chi connectivity index (χ2v) is 4.48. The Balaban J connectivity index is 2.05. The lowest BCUT2D eigenvalue weighted by Crippen LogP contribution is -2.31. The minimum atomic E-state index is 0.618. The zero-order valence-electron chi connectivity index (χ0n) is 8.13. The van der Waals surface area contributed by atoms with Crippen molar-refractivity contribution in [3.63, 3.8) is 0 Å². The predicted molar refractivity (Wildman–Crippen MR) is 58.0 cm³/mol. The fourth-order valence-electron chi connectivity index (χ4n) is 1.72. The number of nitrogens with zero attached hydrogens (tertiary/aromatic N) is 1. The van der Waals surface area contributed by atoms with Crippen molar-refractivity contribution in [2.24, 2.45) is 0 Å². The summed E-state index contributed by atoms with van der Waals surface area (Å²) in [6.45, 7) is 6.13. The van der Waals surface area contributed by atoms with E-state index in [9.17, 15) is 0 Å². The van der Waals surface area contributed by atoms with Crippen LogP contribution in [0.15, 0.2) is 0 Å². The number of rotatable bonds is 4. The smallest absolute Gasteiger partial charge is 0.00263 e. The van der Waals surface area contributed by atoms with Crippen LogP contribution in [0.5, 0.6) is 0 Å². The summed E-state index contributed by atoms with van der Waals surface area (Å²) in [6.07, 6.45) is 6.72. The number of thiol groups is 1. The fraction of sp³-hybridized carbons (Fsp3) is 1.00. The van der Waals surface area contributed by atoms with Gasteiger partial charge in [-0.15, -0.1) is 0 Å². The highest BCUT2D eigenvalue weighted by Crippen LogP contribution is 2.12. The van der Waals surface area contributed by atoms with Crippen molar-refractivity contribution in [1.82, 2.24) is 4.90 Å². The summed E-state index contributed by atoms with van der Waals surface area (Å²) in [5.41, 5.74) is 0. The molecule has 1 rings (SSSR count). The van der Waals surface area contributed by atoms with Gasteiger partial charge < -0.3 is 4.90 Å². The third kappa shape index (κ3) is 3.81. The van der Waals surface area contributed by atoms with Crippen molar-refractivity contribution in [3.8, 4) is 0 Å². The van der Waals surface area contributed by atoms with Gasteiger partial charge in [0.1, 0.15) is 0 Å². The van der Waals surface area contributed by atoms with Crippen LogP contribution in [0.25, 0.3) is 0 Å². The van der Waals surface area contributed by atoms with Gasteiger partial charge in [0.2, 0.25) is 0 Å². The number of hydrogen-bond acceptors (Lipinski definition) is 2. The fourth-order valence-corrected chi connectivity index (χ4v) is 1.83. The van der Waals surface area contributed by atoms with Crippen LogP contribution in [0.2, 0.25) is 0 Å². The molecule has 0 bridgehead atoms. The largest absolute Gasteiger partial charge is 0.303 e. The van der Waals surface area contributed by atoms with E-state index >= 15 is 0 Å². The lowest BCUT2D eigenvalue weighted by Gasteiger charge is -2.27. The van der Waals surface area contributed by atoms with Gasteiger partial charge in [0.25, 0.3) is 0 Å². The molecule has 0 aromatic carbocycles. The monoisotopic (exact) mass is 187 g/mol. The molecular weight excluding hydrogens is 166 g/mol. The quantitative estimate of drug-likeness (QED) is 0.662. The molecular formula is C10H21NS. The van der Waals surface area contributed by atoms with Gasteiger partial charge in [-0.05, 0) is 45.3 Å². The standard InChI is InChI=1S/C10H21NS/c1-2-10(12)6-9-11-7-4-3-5-8-11/h10,12H,2-9H2,1H3. The highest BCUT2D eigenvalue weighted by Gasteiger charge is 2.10. The topological polar surface area (TPSA) is 3.24 Å². The van der Waals surface area contributed by atoms with Crippen LogP contribution in [0, 0.1) is 0 Å². The summed E-state index contributed by atoms with van der Waals surface area (Å²) in [4.78, 5) is 2.59. The molecule has 1 fully saturated rings. The predicted octanol–water partition coefficient (Wildman–Crippen LogP) is 2.57. The van der Waals surface area contributed by atoms with E-state index in [-0.39, 0.29) is 0 Å². The molecule has 0 aromatic rings. The van der Waals surface area contributed by atoms with Crippen molar-refractivity contribution in [3.05, 3.63) is 0 Å². The molecule has 12 heavy (non-hydrogen) atoms. The molecule has 1 saturated heterocycles. The minimum Gasteiger partial charge on any atom is -0.303 e. The summed E-state index contributed by atoms with van der Waals surface area (Å²) >= 11 is 4.50. The Morgan fingerprint density at radius 2 is 1.92 bits per heavy atom. The summed E-state index contributed by atoms with van der Waals surface area (Å²) < 4.78 is 0. The van der Waals surface area contributed by atoms with Gasteiger partial charge in [0, 0.05) is 5.25 Å². The highest BCUT2D eigenvalue weighted by atomic mass is 32.1. The van der Waals surface area contributed by atoms with Gasteiger partial charge in [-0.1, -0.05) is 13.3 Å². The maximum Gasteiger partial charge on any atom is 0.00263 e. The maximum atomic E-state index is 4.50. The van der Waals surface area contributed by atoms with E-state index in [0.29, 0.717) is 5.25 Å². The minimum absolute atomic E-state index is 0.618. The molecule has 0 aliphatic carbocycles. The van der Waals surface area contributed by atoms with Crippen molar-refractivity contribution < 1.29 is 0 Å². The summed E-state index contributed by atoms with van der Waals surface area (Å²) in [7, 11) is 0. The SMILES string of the molecule is CCC(S)CCN1CCCCC1. The van der Waals surface area contributed by atoms with Gasteiger partial charge in [-0.25, -0.2) is 0 Å². The lowest BCUT2D eigenvalue weighted by atomic mass is 10.1. The summed E-state index contributed by atoms with van der Waals surface area (Å²) in [6, 6.07) is 0. The number of piperidine rings is 1. The molecule has 1 atom stereocenters. The van der Waals surface area contributed by atoms with E-state index in [0.717, 1.165) is 0 Å². The third-order valence-electron chi connectivity index (χ3n) is 2.70. The van der Waals surface area contributed by atoms with E-state index in [1.54, 1.807) is 0 Å². The second-order valence-electron chi connectivity index (χ2n) is 3.75. The van der Waals surface area contributed by atoms with Crippen LogP contribution in [-0.2, 0) is 0 Å².